The first-order valence-electron chi connectivity index (χ1n) is 7.50. The molecule has 8 heteroatoms. The van der Waals surface area contributed by atoms with E-state index >= 15 is 0 Å². The third-order valence-corrected chi connectivity index (χ3v) is 5.35. The Morgan fingerprint density at radius 3 is 2.44 bits per heavy atom. The zero-order chi connectivity index (χ0) is 18.4. The average molecular weight is 383 g/mol. The van der Waals surface area contributed by atoms with Crippen LogP contribution in [-0.4, -0.2) is 28.0 Å². The summed E-state index contributed by atoms with van der Waals surface area (Å²) in [7, 11) is -2.11. The molecule has 0 aliphatic heterocycles. The number of sulfonamides is 1. The van der Waals surface area contributed by atoms with Crippen LogP contribution in [0.15, 0.2) is 47.4 Å². The highest BCUT2D eigenvalue weighted by Gasteiger charge is 2.10. The summed E-state index contributed by atoms with van der Waals surface area (Å²) in [5.74, 6) is 0.290. The molecule has 1 amide bonds. The van der Waals surface area contributed by atoms with Gasteiger partial charge in [-0.15, -0.1) is 0 Å². The monoisotopic (exact) mass is 382 g/mol. The first-order valence-corrected chi connectivity index (χ1v) is 9.36. The van der Waals surface area contributed by atoms with Gasteiger partial charge in [0.2, 0.25) is 10.0 Å². The first-order chi connectivity index (χ1) is 11.8. The molecular formula is C17H19ClN2O4S. The Morgan fingerprint density at radius 2 is 1.84 bits per heavy atom. The summed E-state index contributed by atoms with van der Waals surface area (Å²) in [5.41, 5.74) is 1.65. The zero-order valence-electron chi connectivity index (χ0n) is 13.9. The second-order valence-corrected chi connectivity index (χ2v) is 7.62. The van der Waals surface area contributed by atoms with Crippen LogP contribution in [0.5, 0.6) is 5.75 Å². The maximum atomic E-state index is 11.8. The minimum Gasteiger partial charge on any atom is -0.484 e. The highest BCUT2D eigenvalue weighted by molar-refractivity contribution is 7.89. The third kappa shape index (κ3) is 5.45. The van der Waals surface area contributed by atoms with E-state index in [-0.39, 0.29) is 24.0 Å². The number of rotatable bonds is 7. The average Bonchev–Trinajstić information content (AvgIpc) is 2.61. The lowest BCUT2D eigenvalue weighted by Crippen LogP contribution is -2.28. The summed E-state index contributed by atoms with van der Waals surface area (Å²) in [6.07, 6.45) is 0. The lowest BCUT2D eigenvalue weighted by Gasteiger charge is -2.09. The number of benzene rings is 2. The number of carbonyl (C=O) groups excluding carboxylic acids is 1. The van der Waals surface area contributed by atoms with E-state index in [0.717, 1.165) is 11.1 Å². The van der Waals surface area contributed by atoms with Crippen molar-refractivity contribution in [3.63, 3.8) is 0 Å². The Hall–Kier alpha value is -2.09. The van der Waals surface area contributed by atoms with E-state index in [1.165, 1.54) is 19.2 Å². The lowest BCUT2D eigenvalue weighted by molar-refractivity contribution is -0.123. The van der Waals surface area contributed by atoms with E-state index in [4.69, 9.17) is 16.3 Å². The van der Waals surface area contributed by atoms with Crippen molar-refractivity contribution in [3.8, 4) is 5.75 Å². The first kappa shape index (κ1) is 19.2. The van der Waals surface area contributed by atoms with Crippen LogP contribution >= 0.6 is 11.6 Å². The summed E-state index contributed by atoms with van der Waals surface area (Å²) in [6, 6.07) is 11.4. The molecule has 0 saturated carbocycles. The standard InChI is InChI=1S/C17H19ClN2O4S/c1-12-9-14(5-8-16(12)18)24-11-17(21)20-10-13-3-6-15(7-4-13)25(22,23)19-2/h3-9,19H,10-11H2,1-2H3,(H,20,21). The van der Waals surface area contributed by atoms with Crippen molar-refractivity contribution in [1.82, 2.24) is 10.0 Å². The van der Waals surface area contributed by atoms with Crippen molar-refractivity contribution in [2.24, 2.45) is 0 Å². The number of hydrogen-bond donors (Lipinski definition) is 2. The van der Waals surface area contributed by atoms with Gasteiger partial charge in [0.05, 0.1) is 4.90 Å². The van der Waals surface area contributed by atoms with E-state index in [2.05, 4.69) is 10.0 Å². The van der Waals surface area contributed by atoms with Crippen LogP contribution < -0.4 is 14.8 Å². The van der Waals surface area contributed by atoms with Gasteiger partial charge in [0.15, 0.2) is 6.61 Å². The van der Waals surface area contributed by atoms with E-state index in [9.17, 15) is 13.2 Å². The summed E-state index contributed by atoms with van der Waals surface area (Å²) >= 11 is 5.93. The third-order valence-electron chi connectivity index (χ3n) is 3.49. The summed E-state index contributed by atoms with van der Waals surface area (Å²) in [6.45, 7) is 2.02. The van der Waals surface area contributed by atoms with Crippen LogP contribution in [-0.2, 0) is 21.4 Å². The Balaban J connectivity index is 1.84. The smallest absolute Gasteiger partial charge is 0.258 e. The normalized spacial score (nSPS) is 11.2. The molecule has 0 saturated heterocycles. The van der Waals surface area contributed by atoms with Crippen LogP contribution in [0.25, 0.3) is 0 Å². The molecule has 0 spiro atoms. The largest absolute Gasteiger partial charge is 0.484 e. The number of aryl methyl sites for hydroxylation is 1. The molecule has 0 aliphatic carbocycles. The fourth-order valence-corrected chi connectivity index (χ4v) is 2.86. The molecule has 0 heterocycles. The number of amides is 1. The van der Waals surface area contributed by atoms with Crippen molar-refractivity contribution < 1.29 is 17.9 Å². The second-order valence-electron chi connectivity index (χ2n) is 5.33. The molecule has 0 unspecified atom stereocenters. The van der Waals surface area contributed by atoms with Crippen molar-refractivity contribution >= 4 is 27.5 Å². The van der Waals surface area contributed by atoms with Gasteiger partial charge in [0, 0.05) is 11.6 Å². The highest BCUT2D eigenvalue weighted by atomic mass is 35.5. The fourth-order valence-electron chi connectivity index (χ4n) is 2.01. The molecule has 0 aliphatic rings. The molecule has 0 fully saturated rings. The molecule has 0 radical (unpaired) electrons. The van der Waals surface area contributed by atoms with Crippen molar-refractivity contribution in [2.45, 2.75) is 18.4 Å². The van der Waals surface area contributed by atoms with Crippen LogP contribution in [0.3, 0.4) is 0 Å². The van der Waals surface area contributed by atoms with Crippen molar-refractivity contribution in [1.29, 1.82) is 0 Å². The maximum Gasteiger partial charge on any atom is 0.258 e. The maximum absolute atomic E-state index is 11.8. The summed E-state index contributed by atoms with van der Waals surface area (Å²) < 4.78 is 30.9. The molecule has 2 N–H and O–H groups in total. The van der Waals surface area contributed by atoms with Gasteiger partial charge < -0.3 is 10.1 Å². The van der Waals surface area contributed by atoms with Crippen LogP contribution in [0.4, 0.5) is 0 Å². The Bertz CT molecular complexity index is 851. The number of halogens is 1. The van der Waals surface area contributed by atoms with Crippen LogP contribution in [0.2, 0.25) is 5.02 Å². The predicted molar refractivity (Wildman–Crippen MR) is 96.2 cm³/mol. The number of ether oxygens (including phenoxy) is 1. The van der Waals surface area contributed by atoms with Gasteiger partial charge in [-0.25, -0.2) is 13.1 Å². The molecular weight excluding hydrogens is 364 g/mol. The van der Waals surface area contributed by atoms with Crippen molar-refractivity contribution in [2.75, 3.05) is 13.7 Å². The molecule has 0 bridgehead atoms. The lowest BCUT2D eigenvalue weighted by atomic mass is 10.2. The predicted octanol–water partition coefficient (Wildman–Crippen LogP) is 2.25. The van der Waals surface area contributed by atoms with Gasteiger partial charge in [-0.3, -0.25) is 4.79 Å². The number of nitrogens with one attached hydrogen (secondary N) is 2. The van der Waals surface area contributed by atoms with Gasteiger partial charge in [-0.1, -0.05) is 23.7 Å². The van der Waals surface area contributed by atoms with Gasteiger partial charge >= 0.3 is 0 Å². The van der Waals surface area contributed by atoms with E-state index < -0.39 is 10.0 Å². The SMILES string of the molecule is CNS(=O)(=O)c1ccc(CNC(=O)COc2ccc(Cl)c(C)c2)cc1. The molecule has 25 heavy (non-hydrogen) atoms. The number of hydrogen-bond acceptors (Lipinski definition) is 4. The van der Waals surface area contributed by atoms with Gasteiger partial charge in [0.1, 0.15) is 5.75 Å². The van der Waals surface area contributed by atoms with Crippen molar-refractivity contribution in [3.05, 3.63) is 58.6 Å². The quantitative estimate of drug-likeness (QED) is 0.769. The molecule has 134 valence electrons. The van der Waals surface area contributed by atoms with E-state index in [0.29, 0.717) is 10.8 Å². The van der Waals surface area contributed by atoms with Gasteiger partial charge in [-0.05, 0) is 55.4 Å². The zero-order valence-corrected chi connectivity index (χ0v) is 15.4. The molecule has 0 atom stereocenters. The molecule has 0 aromatic heterocycles. The minimum absolute atomic E-state index is 0.118. The van der Waals surface area contributed by atoms with E-state index in [1.54, 1.807) is 30.3 Å². The second kappa shape index (κ2) is 8.33. The topological polar surface area (TPSA) is 84.5 Å². The summed E-state index contributed by atoms with van der Waals surface area (Å²) in [5, 5.41) is 3.35. The highest BCUT2D eigenvalue weighted by Crippen LogP contribution is 2.20. The Morgan fingerprint density at radius 1 is 1.16 bits per heavy atom. The van der Waals surface area contributed by atoms with Gasteiger partial charge in [-0.2, -0.15) is 0 Å². The molecule has 6 nitrogen and oxygen atoms in total. The van der Waals surface area contributed by atoms with Gasteiger partial charge in [0.25, 0.3) is 5.91 Å². The Kier molecular flexibility index (Phi) is 6.41. The van der Waals surface area contributed by atoms with Crippen LogP contribution in [0, 0.1) is 6.92 Å². The molecule has 2 aromatic carbocycles. The number of carbonyl (C=O) groups is 1. The fraction of sp³-hybridized carbons (Fsp3) is 0.235. The van der Waals surface area contributed by atoms with Crippen LogP contribution in [0.1, 0.15) is 11.1 Å². The van der Waals surface area contributed by atoms with E-state index in [1.807, 2.05) is 6.92 Å². The Labute approximate surface area is 152 Å². The summed E-state index contributed by atoms with van der Waals surface area (Å²) in [4.78, 5) is 12.0. The minimum atomic E-state index is -3.46. The molecule has 2 aromatic rings. The molecule has 2 rings (SSSR count).